The van der Waals surface area contributed by atoms with E-state index in [0.717, 1.165) is 19.3 Å². The second-order valence-corrected chi connectivity index (χ2v) is 6.24. The Kier molecular flexibility index (Phi) is 3.42. The lowest BCUT2D eigenvalue weighted by molar-refractivity contribution is -0.0582. The number of nitrogens with zero attached hydrogens (tertiary/aromatic N) is 2. The average molecular weight is 238 g/mol. The number of hydrogen-bond donors (Lipinski definition) is 0. The lowest BCUT2D eigenvalue weighted by Gasteiger charge is -2.51. The molecule has 3 aliphatic rings. The maximum atomic E-state index is 5.53. The third kappa shape index (κ3) is 2.38. The molecule has 3 fully saturated rings. The molecule has 98 valence electrons. The zero-order valence-electron chi connectivity index (χ0n) is 11.2. The van der Waals surface area contributed by atoms with Crippen LogP contribution in [0.3, 0.4) is 0 Å². The first-order chi connectivity index (χ1) is 8.28. The van der Waals surface area contributed by atoms with Gasteiger partial charge in [-0.3, -0.25) is 9.80 Å². The fraction of sp³-hybridized carbons (Fsp3) is 1.00. The van der Waals surface area contributed by atoms with Crippen LogP contribution in [0, 0.1) is 0 Å². The van der Waals surface area contributed by atoms with Crippen LogP contribution in [0.4, 0.5) is 0 Å². The largest absolute Gasteiger partial charge is 0.381 e. The molecule has 0 aromatic carbocycles. The fourth-order valence-electron chi connectivity index (χ4n) is 3.77. The minimum atomic E-state index is 0.418. The fourth-order valence-corrected chi connectivity index (χ4v) is 3.77. The van der Waals surface area contributed by atoms with Gasteiger partial charge in [-0.05, 0) is 39.2 Å². The molecule has 0 amide bonds. The zero-order valence-corrected chi connectivity index (χ0v) is 11.2. The van der Waals surface area contributed by atoms with Gasteiger partial charge in [0.1, 0.15) is 0 Å². The minimum Gasteiger partial charge on any atom is -0.381 e. The monoisotopic (exact) mass is 238 g/mol. The Morgan fingerprint density at radius 3 is 2.71 bits per heavy atom. The van der Waals surface area contributed by atoms with E-state index < -0.39 is 0 Å². The van der Waals surface area contributed by atoms with Gasteiger partial charge in [0.15, 0.2) is 0 Å². The molecular weight excluding hydrogens is 212 g/mol. The van der Waals surface area contributed by atoms with Gasteiger partial charge in [-0.1, -0.05) is 6.42 Å². The Morgan fingerprint density at radius 1 is 1.06 bits per heavy atom. The van der Waals surface area contributed by atoms with Gasteiger partial charge < -0.3 is 4.74 Å². The molecule has 0 spiro atoms. The molecule has 3 heterocycles. The third-order valence-electron chi connectivity index (χ3n) is 5.17. The van der Waals surface area contributed by atoms with E-state index in [1.54, 1.807) is 0 Å². The molecule has 3 aliphatic heterocycles. The van der Waals surface area contributed by atoms with Crippen molar-refractivity contribution in [3.8, 4) is 0 Å². The average Bonchev–Trinajstić information content (AvgIpc) is 2.39. The molecule has 0 N–H and O–H groups in total. The zero-order chi connectivity index (χ0) is 11.7. The molecule has 0 bridgehead atoms. The van der Waals surface area contributed by atoms with Gasteiger partial charge in [-0.25, -0.2) is 0 Å². The smallest absolute Gasteiger partial charge is 0.0483 e. The highest BCUT2D eigenvalue weighted by Crippen LogP contribution is 2.31. The summed E-state index contributed by atoms with van der Waals surface area (Å²) in [7, 11) is 0. The van der Waals surface area contributed by atoms with E-state index in [1.807, 2.05) is 0 Å². The molecule has 17 heavy (non-hydrogen) atoms. The number of hydrogen-bond acceptors (Lipinski definition) is 3. The summed E-state index contributed by atoms with van der Waals surface area (Å²) in [6.07, 6.45) is 6.72. The highest BCUT2D eigenvalue weighted by molar-refractivity contribution is 4.94. The van der Waals surface area contributed by atoms with Gasteiger partial charge in [0.2, 0.25) is 0 Å². The van der Waals surface area contributed by atoms with Crippen LogP contribution in [0.2, 0.25) is 0 Å². The number of rotatable bonds is 1. The van der Waals surface area contributed by atoms with Crippen LogP contribution >= 0.6 is 0 Å². The van der Waals surface area contributed by atoms with E-state index in [0.29, 0.717) is 5.54 Å². The van der Waals surface area contributed by atoms with Gasteiger partial charge in [0, 0.05) is 44.4 Å². The molecule has 0 aromatic heterocycles. The third-order valence-corrected chi connectivity index (χ3v) is 5.17. The van der Waals surface area contributed by atoms with Gasteiger partial charge in [-0.2, -0.15) is 0 Å². The highest BCUT2D eigenvalue weighted by Gasteiger charge is 2.39. The van der Waals surface area contributed by atoms with Gasteiger partial charge in [0.25, 0.3) is 0 Å². The Balaban J connectivity index is 1.64. The van der Waals surface area contributed by atoms with Crippen LogP contribution in [0.25, 0.3) is 0 Å². The maximum Gasteiger partial charge on any atom is 0.0483 e. The molecule has 3 saturated heterocycles. The first-order valence-corrected chi connectivity index (χ1v) is 7.35. The first-order valence-electron chi connectivity index (χ1n) is 7.35. The molecule has 3 rings (SSSR count). The van der Waals surface area contributed by atoms with E-state index in [4.69, 9.17) is 4.74 Å². The van der Waals surface area contributed by atoms with Gasteiger partial charge in [0.05, 0.1) is 0 Å². The summed E-state index contributed by atoms with van der Waals surface area (Å²) in [4.78, 5) is 5.49. The van der Waals surface area contributed by atoms with Gasteiger partial charge in [-0.15, -0.1) is 0 Å². The van der Waals surface area contributed by atoms with E-state index in [1.165, 1.54) is 58.3 Å². The topological polar surface area (TPSA) is 15.7 Å². The van der Waals surface area contributed by atoms with Gasteiger partial charge >= 0.3 is 0 Å². The van der Waals surface area contributed by atoms with Crippen LogP contribution in [0.5, 0.6) is 0 Å². The summed E-state index contributed by atoms with van der Waals surface area (Å²) in [5.41, 5.74) is 0.418. The van der Waals surface area contributed by atoms with Crippen molar-refractivity contribution < 1.29 is 4.74 Å². The SMILES string of the molecule is CC1(N2CCN3CCCCC3C2)CCOCC1. The van der Waals surface area contributed by atoms with E-state index in [-0.39, 0.29) is 0 Å². The van der Waals surface area contributed by atoms with Crippen LogP contribution in [0.15, 0.2) is 0 Å². The number of piperazine rings is 1. The molecule has 1 atom stereocenters. The molecule has 0 aliphatic carbocycles. The summed E-state index contributed by atoms with van der Waals surface area (Å²) >= 11 is 0. The second kappa shape index (κ2) is 4.87. The van der Waals surface area contributed by atoms with Crippen molar-refractivity contribution in [3.63, 3.8) is 0 Å². The lowest BCUT2D eigenvalue weighted by Crippen LogP contribution is -2.61. The van der Waals surface area contributed by atoms with Crippen molar-refractivity contribution in [2.45, 2.75) is 50.6 Å². The van der Waals surface area contributed by atoms with Crippen molar-refractivity contribution >= 4 is 0 Å². The normalized spacial score (nSPS) is 35.5. The van der Waals surface area contributed by atoms with E-state index in [2.05, 4.69) is 16.7 Å². The number of piperidine rings is 1. The van der Waals surface area contributed by atoms with Crippen LogP contribution in [-0.4, -0.2) is 60.8 Å². The standard InChI is InChI=1S/C14H26N2O/c1-14(5-10-17-11-6-14)16-9-8-15-7-3-2-4-13(15)12-16/h13H,2-12H2,1H3. The van der Waals surface area contributed by atoms with Crippen molar-refractivity contribution in [1.29, 1.82) is 0 Å². The first kappa shape index (κ1) is 11.9. The van der Waals surface area contributed by atoms with Crippen LogP contribution in [-0.2, 0) is 4.74 Å². The van der Waals surface area contributed by atoms with Crippen molar-refractivity contribution in [2.24, 2.45) is 0 Å². The maximum absolute atomic E-state index is 5.53. The Morgan fingerprint density at radius 2 is 1.88 bits per heavy atom. The quantitative estimate of drug-likeness (QED) is 0.692. The minimum absolute atomic E-state index is 0.418. The Labute approximate surface area is 105 Å². The Bertz CT molecular complexity index is 263. The summed E-state index contributed by atoms with van der Waals surface area (Å²) in [5, 5.41) is 0. The Hall–Kier alpha value is -0.120. The summed E-state index contributed by atoms with van der Waals surface area (Å²) in [5.74, 6) is 0. The molecule has 3 nitrogen and oxygen atoms in total. The predicted octanol–water partition coefficient (Wildman–Crippen LogP) is 1.73. The molecule has 0 aromatic rings. The molecule has 3 heteroatoms. The number of ether oxygens (including phenoxy) is 1. The van der Waals surface area contributed by atoms with Crippen LogP contribution in [0.1, 0.15) is 39.0 Å². The molecule has 1 unspecified atom stereocenters. The van der Waals surface area contributed by atoms with Crippen molar-refractivity contribution in [3.05, 3.63) is 0 Å². The van der Waals surface area contributed by atoms with Crippen molar-refractivity contribution in [1.82, 2.24) is 9.80 Å². The number of fused-ring (bicyclic) bond motifs is 1. The summed E-state index contributed by atoms with van der Waals surface area (Å²) < 4.78 is 5.53. The summed E-state index contributed by atoms with van der Waals surface area (Å²) in [6.45, 7) is 9.58. The van der Waals surface area contributed by atoms with E-state index in [9.17, 15) is 0 Å². The van der Waals surface area contributed by atoms with E-state index >= 15 is 0 Å². The lowest BCUT2D eigenvalue weighted by atomic mass is 9.87. The van der Waals surface area contributed by atoms with Crippen molar-refractivity contribution in [2.75, 3.05) is 39.4 Å². The predicted molar refractivity (Wildman–Crippen MR) is 69.2 cm³/mol. The van der Waals surface area contributed by atoms with Crippen LogP contribution < -0.4 is 0 Å². The second-order valence-electron chi connectivity index (χ2n) is 6.24. The molecule has 0 radical (unpaired) electrons. The molecule has 0 saturated carbocycles. The highest BCUT2D eigenvalue weighted by atomic mass is 16.5. The molecular formula is C14H26N2O. The summed E-state index contributed by atoms with van der Waals surface area (Å²) in [6, 6.07) is 0.845.